The summed E-state index contributed by atoms with van der Waals surface area (Å²) in [5.41, 5.74) is 0. The van der Waals surface area contributed by atoms with Crippen molar-refractivity contribution in [3.8, 4) is 0 Å². The summed E-state index contributed by atoms with van der Waals surface area (Å²) in [5.74, 6) is 0.681. The van der Waals surface area contributed by atoms with Crippen LogP contribution in [-0.2, 0) is 10.0 Å². The van der Waals surface area contributed by atoms with Crippen LogP contribution in [-0.4, -0.2) is 26.5 Å². The van der Waals surface area contributed by atoms with Crippen molar-refractivity contribution in [3.05, 3.63) is 52.1 Å². The molecule has 112 valence electrons. The van der Waals surface area contributed by atoms with Gasteiger partial charge in [-0.25, -0.2) is 18.1 Å². The standard InChI is InChI=1S/C13H13BrClN3O2S/c14-10-4-5-13(17-9-10)16-6-7-18-21(19,20)12-3-1-2-11(15)8-12/h1-5,8-9,18H,6-7H2,(H,16,17). The second kappa shape index (κ2) is 7.22. The maximum absolute atomic E-state index is 12.0. The Kier molecular flexibility index (Phi) is 5.58. The van der Waals surface area contributed by atoms with E-state index in [0.717, 1.165) is 4.47 Å². The third kappa shape index (κ3) is 4.96. The fourth-order valence-corrected chi connectivity index (χ4v) is 3.14. The van der Waals surface area contributed by atoms with Gasteiger partial charge in [0.15, 0.2) is 0 Å². The van der Waals surface area contributed by atoms with E-state index < -0.39 is 10.0 Å². The predicted octanol–water partition coefficient (Wildman–Crippen LogP) is 2.89. The molecule has 0 atom stereocenters. The third-order valence-corrected chi connectivity index (χ3v) is 4.72. The molecule has 0 aliphatic rings. The molecule has 0 bridgehead atoms. The van der Waals surface area contributed by atoms with Gasteiger partial charge in [0.25, 0.3) is 0 Å². The molecule has 0 saturated carbocycles. The summed E-state index contributed by atoms with van der Waals surface area (Å²) in [5, 5.41) is 3.41. The molecule has 5 nitrogen and oxygen atoms in total. The van der Waals surface area contributed by atoms with Crippen LogP contribution in [0.1, 0.15) is 0 Å². The monoisotopic (exact) mass is 389 g/mol. The lowest BCUT2D eigenvalue weighted by Crippen LogP contribution is -2.29. The zero-order valence-corrected chi connectivity index (χ0v) is 14.0. The Morgan fingerprint density at radius 3 is 2.67 bits per heavy atom. The first-order chi connectivity index (χ1) is 9.97. The van der Waals surface area contributed by atoms with Crippen LogP contribution >= 0.6 is 27.5 Å². The van der Waals surface area contributed by atoms with Crippen molar-refractivity contribution >= 4 is 43.4 Å². The molecule has 2 rings (SSSR count). The molecule has 2 aromatic rings. The second-order valence-electron chi connectivity index (χ2n) is 4.14. The number of halogens is 2. The van der Waals surface area contributed by atoms with Crippen LogP contribution in [0.2, 0.25) is 5.02 Å². The minimum Gasteiger partial charge on any atom is -0.369 e. The Morgan fingerprint density at radius 1 is 1.19 bits per heavy atom. The van der Waals surface area contributed by atoms with E-state index in [-0.39, 0.29) is 11.4 Å². The Bertz CT molecular complexity index is 708. The molecular formula is C13H13BrClN3O2S. The number of benzene rings is 1. The van der Waals surface area contributed by atoms with Crippen LogP contribution in [0.15, 0.2) is 52.0 Å². The molecule has 0 amide bonds. The maximum atomic E-state index is 12.0. The fourth-order valence-electron chi connectivity index (χ4n) is 1.57. The second-order valence-corrected chi connectivity index (χ2v) is 7.26. The molecule has 1 heterocycles. The number of rotatable bonds is 6. The number of anilines is 1. The lowest BCUT2D eigenvalue weighted by molar-refractivity contribution is 0.583. The molecule has 2 N–H and O–H groups in total. The van der Waals surface area contributed by atoms with Crippen molar-refractivity contribution in [2.45, 2.75) is 4.90 Å². The van der Waals surface area contributed by atoms with Gasteiger partial charge in [-0.05, 0) is 46.3 Å². The summed E-state index contributed by atoms with van der Waals surface area (Å²) in [6.07, 6.45) is 1.67. The van der Waals surface area contributed by atoms with Crippen molar-refractivity contribution in [2.24, 2.45) is 0 Å². The summed E-state index contributed by atoms with van der Waals surface area (Å²) in [6, 6.07) is 9.79. The molecule has 21 heavy (non-hydrogen) atoms. The van der Waals surface area contributed by atoms with Crippen LogP contribution in [0.4, 0.5) is 5.82 Å². The first-order valence-corrected chi connectivity index (χ1v) is 8.73. The molecule has 8 heteroatoms. The summed E-state index contributed by atoms with van der Waals surface area (Å²) in [7, 11) is -3.55. The van der Waals surface area contributed by atoms with Gasteiger partial charge in [-0.2, -0.15) is 0 Å². The maximum Gasteiger partial charge on any atom is 0.240 e. The van der Waals surface area contributed by atoms with Crippen LogP contribution in [0.25, 0.3) is 0 Å². The number of nitrogens with zero attached hydrogens (tertiary/aromatic N) is 1. The average Bonchev–Trinajstić information content (AvgIpc) is 2.45. The fraction of sp³-hybridized carbons (Fsp3) is 0.154. The molecule has 0 unspecified atom stereocenters. The van der Waals surface area contributed by atoms with Gasteiger partial charge in [-0.15, -0.1) is 0 Å². The molecule has 0 radical (unpaired) electrons. The molecule has 1 aromatic carbocycles. The first-order valence-electron chi connectivity index (χ1n) is 6.08. The van der Waals surface area contributed by atoms with E-state index in [1.807, 2.05) is 6.07 Å². The number of sulfonamides is 1. The van der Waals surface area contributed by atoms with Gasteiger partial charge >= 0.3 is 0 Å². The number of hydrogen-bond donors (Lipinski definition) is 2. The Morgan fingerprint density at radius 2 is 2.00 bits per heavy atom. The van der Waals surface area contributed by atoms with Crippen molar-refractivity contribution < 1.29 is 8.42 Å². The number of aromatic nitrogens is 1. The molecular weight excluding hydrogens is 378 g/mol. The van der Waals surface area contributed by atoms with Gasteiger partial charge in [0, 0.05) is 28.8 Å². The zero-order chi connectivity index (χ0) is 15.3. The first kappa shape index (κ1) is 16.2. The smallest absolute Gasteiger partial charge is 0.240 e. The summed E-state index contributed by atoms with van der Waals surface area (Å²) in [4.78, 5) is 4.28. The van der Waals surface area contributed by atoms with E-state index >= 15 is 0 Å². The van der Waals surface area contributed by atoms with Crippen LogP contribution in [0.3, 0.4) is 0 Å². The topological polar surface area (TPSA) is 71.1 Å². The summed E-state index contributed by atoms with van der Waals surface area (Å²) >= 11 is 9.08. The van der Waals surface area contributed by atoms with Crippen LogP contribution < -0.4 is 10.0 Å². The van der Waals surface area contributed by atoms with E-state index in [2.05, 4.69) is 31.0 Å². The molecule has 0 aliphatic carbocycles. The molecule has 0 fully saturated rings. The molecule has 1 aromatic heterocycles. The average molecular weight is 391 g/mol. The highest BCUT2D eigenvalue weighted by Gasteiger charge is 2.13. The molecule has 0 spiro atoms. The van der Waals surface area contributed by atoms with E-state index in [0.29, 0.717) is 17.4 Å². The van der Waals surface area contributed by atoms with Crippen LogP contribution in [0, 0.1) is 0 Å². The minimum atomic E-state index is -3.55. The van der Waals surface area contributed by atoms with Gasteiger partial charge in [-0.1, -0.05) is 17.7 Å². The lowest BCUT2D eigenvalue weighted by atomic mass is 10.4. The zero-order valence-electron chi connectivity index (χ0n) is 10.9. The largest absolute Gasteiger partial charge is 0.369 e. The van der Waals surface area contributed by atoms with E-state index in [4.69, 9.17) is 11.6 Å². The molecule has 0 aliphatic heterocycles. The molecule has 0 saturated heterocycles. The van der Waals surface area contributed by atoms with Gasteiger partial charge in [0.2, 0.25) is 10.0 Å². The number of pyridine rings is 1. The van der Waals surface area contributed by atoms with Crippen molar-refractivity contribution in [1.29, 1.82) is 0 Å². The Hall–Kier alpha value is -1.15. The SMILES string of the molecule is O=S(=O)(NCCNc1ccc(Br)cn1)c1cccc(Cl)c1. The Balaban J connectivity index is 1.86. The summed E-state index contributed by atoms with van der Waals surface area (Å²) in [6.45, 7) is 0.668. The quantitative estimate of drug-likeness (QED) is 0.744. The van der Waals surface area contributed by atoms with E-state index in [9.17, 15) is 8.42 Å². The van der Waals surface area contributed by atoms with Crippen molar-refractivity contribution in [3.63, 3.8) is 0 Å². The summed E-state index contributed by atoms with van der Waals surface area (Å²) < 4.78 is 27.4. The normalized spacial score (nSPS) is 11.3. The lowest BCUT2D eigenvalue weighted by Gasteiger charge is -2.08. The highest BCUT2D eigenvalue weighted by atomic mass is 79.9. The number of nitrogens with one attached hydrogen (secondary N) is 2. The highest BCUT2D eigenvalue weighted by Crippen LogP contribution is 2.15. The number of hydrogen-bond acceptors (Lipinski definition) is 4. The van der Waals surface area contributed by atoms with E-state index in [1.54, 1.807) is 24.4 Å². The van der Waals surface area contributed by atoms with Gasteiger partial charge in [0.05, 0.1) is 4.90 Å². The van der Waals surface area contributed by atoms with Crippen molar-refractivity contribution in [1.82, 2.24) is 9.71 Å². The van der Waals surface area contributed by atoms with Gasteiger partial charge in [-0.3, -0.25) is 0 Å². The Labute approximate surface area is 136 Å². The van der Waals surface area contributed by atoms with Gasteiger partial charge in [0.1, 0.15) is 5.82 Å². The van der Waals surface area contributed by atoms with E-state index in [1.165, 1.54) is 12.1 Å². The third-order valence-electron chi connectivity index (χ3n) is 2.56. The highest BCUT2D eigenvalue weighted by molar-refractivity contribution is 9.10. The van der Waals surface area contributed by atoms with Crippen LogP contribution in [0.5, 0.6) is 0 Å². The van der Waals surface area contributed by atoms with Gasteiger partial charge < -0.3 is 5.32 Å². The van der Waals surface area contributed by atoms with Crippen molar-refractivity contribution in [2.75, 3.05) is 18.4 Å². The predicted molar refractivity (Wildman–Crippen MR) is 87.1 cm³/mol. The minimum absolute atomic E-state index is 0.150.